The number of rotatable bonds is 4. The molecule has 1 aromatic carbocycles. The molecule has 0 bridgehead atoms. The third kappa shape index (κ3) is 2.99. The minimum Gasteiger partial charge on any atom is -0.454 e. The smallest absolute Gasteiger partial charge is 0.165 e. The van der Waals surface area contributed by atoms with Crippen LogP contribution in [0.3, 0.4) is 0 Å². The second-order valence-electron chi connectivity index (χ2n) is 3.73. The summed E-state index contributed by atoms with van der Waals surface area (Å²) < 4.78 is 7.45. The molecule has 0 radical (unpaired) electrons. The van der Waals surface area contributed by atoms with E-state index in [2.05, 4.69) is 10.4 Å². The van der Waals surface area contributed by atoms with E-state index in [1.807, 2.05) is 38.5 Å². The molecule has 0 saturated carbocycles. The summed E-state index contributed by atoms with van der Waals surface area (Å²) in [5.74, 6) is 1.50. The molecule has 0 aliphatic heterocycles. The van der Waals surface area contributed by atoms with E-state index in [0.29, 0.717) is 17.3 Å². The summed E-state index contributed by atoms with van der Waals surface area (Å²) in [4.78, 5) is 0. The maximum absolute atomic E-state index is 5.96. The van der Waals surface area contributed by atoms with Gasteiger partial charge in [0.2, 0.25) is 0 Å². The van der Waals surface area contributed by atoms with E-state index in [1.165, 1.54) is 0 Å². The fourth-order valence-corrected chi connectivity index (χ4v) is 1.75. The number of benzene rings is 1. The van der Waals surface area contributed by atoms with E-state index in [1.54, 1.807) is 10.9 Å². The van der Waals surface area contributed by atoms with Gasteiger partial charge in [0.1, 0.15) is 5.75 Å². The number of ether oxygens (including phenoxy) is 1. The van der Waals surface area contributed by atoms with Crippen molar-refractivity contribution in [3.05, 3.63) is 41.2 Å². The normalized spacial score (nSPS) is 10.5. The van der Waals surface area contributed by atoms with Gasteiger partial charge in [-0.3, -0.25) is 4.68 Å². The van der Waals surface area contributed by atoms with Crippen LogP contribution >= 0.6 is 11.6 Å². The maximum atomic E-state index is 5.96. The molecule has 2 rings (SSSR count). The first-order chi connectivity index (χ1) is 8.19. The summed E-state index contributed by atoms with van der Waals surface area (Å²) in [6.45, 7) is 0.705. The highest BCUT2D eigenvalue weighted by atomic mass is 35.5. The second kappa shape index (κ2) is 5.21. The Morgan fingerprint density at radius 1 is 1.47 bits per heavy atom. The molecule has 0 saturated heterocycles. The van der Waals surface area contributed by atoms with Crippen LogP contribution in [0.2, 0.25) is 5.02 Å². The Morgan fingerprint density at radius 3 is 2.94 bits per heavy atom. The Labute approximate surface area is 105 Å². The Bertz CT molecular complexity index is 510. The predicted molar refractivity (Wildman–Crippen MR) is 67.5 cm³/mol. The fourth-order valence-electron chi connectivity index (χ4n) is 1.55. The quantitative estimate of drug-likeness (QED) is 0.908. The molecule has 1 aromatic heterocycles. The SMILES string of the molecule is CNCc1cc(Cl)ccc1Oc1cnn(C)c1. The molecule has 5 heteroatoms. The van der Waals surface area contributed by atoms with Gasteiger partial charge < -0.3 is 10.1 Å². The Kier molecular flexibility index (Phi) is 3.66. The molecule has 0 aliphatic rings. The molecule has 2 aromatic rings. The zero-order chi connectivity index (χ0) is 12.3. The molecular weight excluding hydrogens is 238 g/mol. The van der Waals surface area contributed by atoms with Crippen molar-refractivity contribution in [2.24, 2.45) is 7.05 Å². The minimum atomic E-state index is 0.703. The van der Waals surface area contributed by atoms with Crippen molar-refractivity contribution >= 4 is 11.6 Å². The summed E-state index contributed by atoms with van der Waals surface area (Å²) in [6.07, 6.45) is 3.50. The lowest BCUT2D eigenvalue weighted by Gasteiger charge is -2.09. The van der Waals surface area contributed by atoms with Crippen LogP contribution < -0.4 is 10.1 Å². The number of nitrogens with zero attached hydrogens (tertiary/aromatic N) is 2. The average Bonchev–Trinajstić information content (AvgIpc) is 2.69. The molecule has 0 aliphatic carbocycles. The lowest BCUT2D eigenvalue weighted by molar-refractivity contribution is 0.473. The summed E-state index contributed by atoms with van der Waals surface area (Å²) in [7, 11) is 3.73. The van der Waals surface area contributed by atoms with Gasteiger partial charge in [-0.1, -0.05) is 11.6 Å². The highest BCUT2D eigenvalue weighted by Crippen LogP contribution is 2.27. The van der Waals surface area contributed by atoms with Crippen LogP contribution in [0, 0.1) is 0 Å². The van der Waals surface area contributed by atoms with Crippen molar-refractivity contribution < 1.29 is 4.74 Å². The molecule has 0 atom stereocenters. The zero-order valence-electron chi connectivity index (χ0n) is 9.77. The molecule has 0 unspecified atom stereocenters. The Morgan fingerprint density at radius 2 is 2.29 bits per heavy atom. The monoisotopic (exact) mass is 251 g/mol. The third-order valence-corrected chi connectivity index (χ3v) is 2.53. The van der Waals surface area contributed by atoms with Crippen LogP contribution in [-0.4, -0.2) is 16.8 Å². The van der Waals surface area contributed by atoms with Crippen molar-refractivity contribution in [3.8, 4) is 11.5 Å². The largest absolute Gasteiger partial charge is 0.454 e. The van der Waals surface area contributed by atoms with Gasteiger partial charge in [0.25, 0.3) is 0 Å². The topological polar surface area (TPSA) is 39.1 Å². The van der Waals surface area contributed by atoms with Crippen LogP contribution in [0.1, 0.15) is 5.56 Å². The van der Waals surface area contributed by atoms with Gasteiger partial charge in [-0.05, 0) is 25.2 Å². The van der Waals surface area contributed by atoms with E-state index in [0.717, 1.165) is 11.3 Å². The number of hydrogen-bond donors (Lipinski definition) is 1. The predicted octanol–water partition coefficient (Wildman–Crippen LogP) is 2.59. The second-order valence-corrected chi connectivity index (χ2v) is 4.17. The standard InChI is InChI=1S/C12H14ClN3O/c1-14-6-9-5-10(13)3-4-12(9)17-11-7-15-16(2)8-11/h3-5,7-8,14H,6H2,1-2H3. The zero-order valence-corrected chi connectivity index (χ0v) is 10.5. The van der Waals surface area contributed by atoms with Gasteiger partial charge in [-0.15, -0.1) is 0 Å². The molecule has 17 heavy (non-hydrogen) atoms. The van der Waals surface area contributed by atoms with Crippen LogP contribution in [0.4, 0.5) is 0 Å². The molecule has 0 fully saturated rings. The van der Waals surface area contributed by atoms with Gasteiger partial charge >= 0.3 is 0 Å². The van der Waals surface area contributed by atoms with Crippen molar-refractivity contribution in [3.63, 3.8) is 0 Å². The van der Waals surface area contributed by atoms with E-state index < -0.39 is 0 Å². The first-order valence-corrected chi connectivity index (χ1v) is 5.66. The Balaban J connectivity index is 2.25. The molecule has 0 amide bonds. The molecule has 90 valence electrons. The highest BCUT2D eigenvalue weighted by molar-refractivity contribution is 6.30. The molecular formula is C12H14ClN3O. The third-order valence-electron chi connectivity index (χ3n) is 2.30. The maximum Gasteiger partial charge on any atom is 0.165 e. The van der Waals surface area contributed by atoms with Gasteiger partial charge in [-0.2, -0.15) is 5.10 Å². The van der Waals surface area contributed by atoms with Crippen molar-refractivity contribution in [1.82, 2.24) is 15.1 Å². The van der Waals surface area contributed by atoms with Crippen LogP contribution in [0.15, 0.2) is 30.6 Å². The van der Waals surface area contributed by atoms with E-state index >= 15 is 0 Å². The number of hydrogen-bond acceptors (Lipinski definition) is 3. The van der Waals surface area contributed by atoms with Gasteiger partial charge in [-0.25, -0.2) is 0 Å². The van der Waals surface area contributed by atoms with E-state index in [4.69, 9.17) is 16.3 Å². The van der Waals surface area contributed by atoms with Crippen molar-refractivity contribution in [2.75, 3.05) is 7.05 Å². The fraction of sp³-hybridized carbons (Fsp3) is 0.250. The number of nitrogens with one attached hydrogen (secondary N) is 1. The van der Waals surface area contributed by atoms with Crippen molar-refractivity contribution in [1.29, 1.82) is 0 Å². The van der Waals surface area contributed by atoms with Gasteiger partial charge in [0.15, 0.2) is 5.75 Å². The number of aromatic nitrogens is 2. The number of halogens is 1. The average molecular weight is 252 g/mol. The molecule has 1 N–H and O–H groups in total. The summed E-state index contributed by atoms with van der Waals surface area (Å²) in [5.41, 5.74) is 1.02. The summed E-state index contributed by atoms with van der Waals surface area (Å²) in [5, 5.41) is 7.84. The van der Waals surface area contributed by atoms with E-state index in [9.17, 15) is 0 Å². The lowest BCUT2D eigenvalue weighted by Crippen LogP contribution is -2.06. The first kappa shape index (κ1) is 12.0. The van der Waals surface area contributed by atoms with Gasteiger partial charge in [0.05, 0.1) is 12.4 Å². The summed E-state index contributed by atoms with van der Waals surface area (Å²) in [6, 6.07) is 5.57. The van der Waals surface area contributed by atoms with Crippen molar-refractivity contribution in [2.45, 2.75) is 6.54 Å². The molecule has 0 spiro atoms. The van der Waals surface area contributed by atoms with Crippen LogP contribution in [-0.2, 0) is 13.6 Å². The molecule has 4 nitrogen and oxygen atoms in total. The molecule has 1 heterocycles. The lowest BCUT2D eigenvalue weighted by atomic mass is 10.2. The Hall–Kier alpha value is -1.52. The summed E-state index contributed by atoms with van der Waals surface area (Å²) >= 11 is 5.96. The highest BCUT2D eigenvalue weighted by Gasteiger charge is 2.06. The number of aryl methyl sites for hydroxylation is 1. The van der Waals surface area contributed by atoms with Gasteiger partial charge in [0, 0.05) is 24.2 Å². The van der Waals surface area contributed by atoms with E-state index in [-0.39, 0.29) is 0 Å². The van der Waals surface area contributed by atoms with Crippen LogP contribution in [0.25, 0.3) is 0 Å². The minimum absolute atomic E-state index is 0.703. The first-order valence-electron chi connectivity index (χ1n) is 5.28. The van der Waals surface area contributed by atoms with Crippen LogP contribution in [0.5, 0.6) is 11.5 Å².